The van der Waals surface area contributed by atoms with Crippen molar-refractivity contribution in [3.8, 4) is 11.5 Å². The van der Waals surface area contributed by atoms with Gasteiger partial charge in [-0.2, -0.15) is 0 Å². The molecule has 0 aliphatic rings. The van der Waals surface area contributed by atoms with Gasteiger partial charge in [0, 0.05) is 12.8 Å². The van der Waals surface area contributed by atoms with E-state index in [-0.39, 0.29) is 5.97 Å². The molecule has 20 heavy (non-hydrogen) atoms. The minimum atomic E-state index is -0.230. The number of carbonyl (C=O) groups is 1. The lowest BCUT2D eigenvalue weighted by Crippen LogP contribution is -2.08. The maximum Gasteiger partial charge on any atom is 0.311 e. The molecule has 3 heteroatoms. The lowest BCUT2D eigenvalue weighted by atomic mass is 10.1. The summed E-state index contributed by atoms with van der Waals surface area (Å²) in [5.74, 6) is 1.50. The predicted molar refractivity (Wildman–Crippen MR) is 81.0 cm³/mol. The Balaban J connectivity index is 2.91. The van der Waals surface area contributed by atoms with E-state index in [9.17, 15) is 4.79 Å². The van der Waals surface area contributed by atoms with Crippen LogP contribution in [0, 0.1) is 0 Å². The van der Waals surface area contributed by atoms with Crippen LogP contribution >= 0.6 is 0 Å². The van der Waals surface area contributed by atoms with E-state index in [0.29, 0.717) is 23.7 Å². The van der Waals surface area contributed by atoms with Crippen molar-refractivity contribution in [2.24, 2.45) is 0 Å². The first-order valence-corrected chi connectivity index (χ1v) is 7.29. The third kappa shape index (κ3) is 5.08. The van der Waals surface area contributed by atoms with Crippen LogP contribution in [0.5, 0.6) is 11.5 Å². The van der Waals surface area contributed by atoms with Crippen molar-refractivity contribution in [2.75, 3.05) is 0 Å². The Morgan fingerprint density at radius 3 is 2.35 bits per heavy atom. The number of rotatable bonds is 8. The zero-order chi connectivity index (χ0) is 15.0. The van der Waals surface area contributed by atoms with Gasteiger partial charge in [-0.05, 0) is 37.0 Å². The number of carbonyl (C=O) groups excluding carboxylic acids is 1. The van der Waals surface area contributed by atoms with Crippen LogP contribution in [0.15, 0.2) is 30.5 Å². The summed E-state index contributed by atoms with van der Waals surface area (Å²) in [5, 5.41) is 0. The molecule has 0 unspecified atom stereocenters. The molecule has 0 aromatic heterocycles. The summed E-state index contributed by atoms with van der Waals surface area (Å²) in [7, 11) is 0. The molecule has 0 bridgehead atoms. The average Bonchev–Trinajstić information content (AvgIpc) is 2.41. The highest BCUT2D eigenvalue weighted by Gasteiger charge is 2.12. The van der Waals surface area contributed by atoms with Crippen LogP contribution in [-0.4, -0.2) is 5.97 Å². The van der Waals surface area contributed by atoms with Crippen LogP contribution in [0.1, 0.15) is 52.0 Å². The molecule has 1 aromatic carbocycles. The van der Waals surface area contributed by atoms with E-state index in [1.165, 1.54) is 0 Å². The van der Waals surface area contributed by atoms with Crippen molar-refractivity contribution in [3.63, 3.8) is 0 Å². The summed E-state index contributed by atoms with van der Waals surface area (Å²) in [5.41, 5.74) is 1.11. The molecule has 0 fully saturated rings. The predicted octanol–water partition coefficient (Wildman–Crippen LogP) is 4.65. The summed E-state index contributed by atoms with van der Waals surface area (Å²) < 4.78 is 11.1. The molecule has 1 rings (SSSR count). The Morgan fingerprint density at radius 1 is 1.05 bits per heavy atom. The topological polar surface area (TPSA) is 35.5 Å². The van der Waals surface area contributed by atoms with Gasteiger partial charge in [-0.3, -0.25) is 4.79 Å². The van der Waals surface area contributed by atoms with Gasteiger partial charge in [0.2, 0.25) is 0 Å². The van der Waals surface area contributed by atoms with E-state index < -0.39 is 0 Å². The molecule has 0 saturated carbocycles. The van der Waals surface area contributed by atoms with E-state index in [4.69, 9.17) is 9.47 Å². The molecule has 1 aromatic rings. The van der Waals surface area contributed by atoms with Crippen molar-refractivity contribution in [1.29, 1.82) is 0 Å². The van der Waals surface area contributed by atoms with Gasteiger partial charge < -0.3 is 9.47 Å². The fourth-order valence-electron chi connectivity index (χ4n) is 1.80. The number of hydrogen-bond acceptors (Lipinski definition) is 3. The minimum Gasteiger partial charge on any atom is -0.458 e. The molecule has 0 atom stereocenters. The monoisotopic (exact) mass is 276 g/mol. The first-order chi connectivity index (χ1) is 9.60. The number of ether oxygens (including phenoxy) is 2. The lowest BCUT2D eigenvalue weighted by Gasteiger charge is -2.13. The molecule has 0 amide bonds. The van der Waals surface area contributed by atoms with E-state index >= 15 is 0 Å². The fraction of sp³-hybridized carbons (Fsp3) is 0.471. The van der Waals surface area contributed by atoms with Crippen molar-refractivity contribution in [2.45, 2.75) is 52.9 Å². The van der Waals surface area contributed by atoms with E-state index in [1.54, 1.807) is 0 Å². The fourth-order valence-corrected chi connectivity index (χ4v) is 1.80. The zero-order valence-electron chi connectivity index (χ0n) is 12.7. The SMILES string of the molecule is C=C(CCC)Oc1ccc(CC)cc1OC(=O)CCC. The minimum absolute atomic E-state index is 0.230. The number of esters is 1. The first kappa shape index (κ1) is 16.3. The number of aryl methyl sites for hydroxylation is 1. The highest BCUT2D eigenvalue weighted by atomic mass is 16.6. The highest BCUT2D eigenvalue weighted by molar-refractivity contribution is 5.73. The van der Waals surface area contributed by atoms with Crippen LogP contribution in [0.25, 0.3) is 0 Å². The Kier molecular flexibility index (Phi) is 6.85. The van der Waals surface area contributed by atoms with Gasteiger partial charge in [0.25, 0.3) is 0 Å². The number of allylic oxidation sites excluding steroid dienone is 1. The molecule has 0 aliphatic carbocycles. The van der Waals surface area contributed by atoms with Gasteiger partial charge in [0.05, 0.1) is 5.76 Å². The van der Waals surface area contributed by atoms with Crippen LogP contribution in [0.2, 0.25) is 0 Å². The number of hydrogen-bond donors (Lipinski definition) is 0. The van der Waals surface area contributed by atoms with Gasteiger partial charge >= 0.3 is 5.97 Å². The average molecular weight is 276 g/mol. The first-order valence-electron chi connectivity index (χ1n) is 7.29. The van der Waals surface area contributed by atoms with Crippen molar-refractivity contribution < 1.29 is 14.3 Å². The molecule has 0 heterocycles. The molecule has 3 nitrogen and oxygen atoms in total. The maximum absolute atomic E-state index is 11.7. The van der Waals surface area contributed by atoms with E-state index in [0.717, 1.165) is 31.2 Å². The molecule has 0 spiro atoms. The Hall–Kier alpha value is -1.77. The molecule has 0 saturated heterocycles. The lowest BCUT2D eigenvalue weighted by molar-refractivity contribution is -0.134. The maximum atomic E-state index is 11.7. The zero-order valence-corrected chi connectivity index (χ0v) is 12.7. The standard InChI is InChI=1S/C17H24O3/c1-5-8-13(4)19-15-11-10-14(7-3)12-16(15)20-17(18)9-6-2/h10-12H,4-9H2,1-3H3. The van der Waals surface area contributed by atoms with Crippen molar-refractivity contribution >= 4 is 5.97 Å². The van der Waals surface area contributed by atoms with E-state index in [2.05, 4.69) is 20.4 Å². The highest BCUT2D eigenvalue weighted by Crippen LogP contribution is 2.31. The largest absolute Gasteiger partial charge is 0.458 e. The summed E-state index contributed by atoms with van der Waals surface area (Å²) >= 11 is 0. The second-order valence-corrected chi connectivity index (χ2v) is 4.75. The molecular formula is C17H24O3. The Labute approximate surface area is 121 Å². The van der Waals surface area contributed by atoms with Crippen LogP contribution in [0.4, 0.5) is 0 Å². The quantitative estimate of drug-likeness (QED) is 0.394. The van der Waals surface area contributed by atoms with Crippen molar-refractivity contribution in [3.05, 3.63) is 36.1 Å². The summed E-state index contributed by atoms with van der Waals surface area (Å²) in [6.07, 6.45) is 3.82. The van der Waals surface area contributed by atoms with Crippen LogP contribution in [-0.2, 0) is 11.2 Å². The van der Waals surface area contributed by atoms with Gasteiger partial charge in [-0.15, -0.1) is 0 Å². The molecule has 0 N–H and O–H groups in total. The van der Waals surface area contributed by atoms with Crippen LogP contribution in [0.3, 0.4) is 0 Å². The summed E-state index contributed by atoms with van der Waals surface area (Å²) in [6, 6.07) is 5.68. The summed E-state index contributed by atoms with van der Waals surface area (Å²) in [6.45, 7) is 9.95. The Bertz CT molecular complexity index is 463. The molecule has 110 valence electrons. The van der Waals surface area contributed by atoms with E-state index in [1.807, 2.05) is 25.1 Å². The van der Waals surface area contributed by atoms with Crippen molar-refractivity contribution in [1.82, 2.24) is 0 Å². The Morgan fingerprint density at radius 2 is 1.75 bits per heavy atom. The third-order valence-electron chi connectivity index (χ3n) is 2.88. The second kappa shape index (κ2) is 8.41. The normalized spacial score (nSPS) is 10.2. The second-order valence-electron chi connectivity index (χ2n) is 4.75. The number of benzene rings is 1. The smallest absolute Gasteiger partial charge is 0.311 e. The van der Waals surface area contributed by atoms with Gasteiger partial charge in [-0.1, -0.05) is 33.4 Å². The molecule has 0 aliphatic heterocycles. The molecular weight excluding hydrogens is 252 g/mol. The summed E-state index contributed by atoms with van der Waals surface area (Å²) in [4.78, 5) is 11.7. The molecule has 0 radical (unpaired) electrons. The van der Waals surface area contributed by atoms with Gasteiger partial charge in [0.15, 0.2) is 11.5 Å². The third-order valence-corrected chi connectivity index (χ3v) is 2.88. The van der Waals surface area contributed by atoms with Gasteiger partial charge in [0.1, 0.15) is 0 Å². The van der Waals surface area contributed by atoms with Gasteiger partial charge in [-0.25, -0.2) is 0 Å². The van der Waals surface area contributed by atoms with Crippen LogP contribution < -0.4 is 9.47 Å².